The molecule has 0 aliphatic carbocycles. The Bertz CT molecular complexity index is 1520. The number of primary amides is 1. The van der Waals surface area contributed by atoms with Crippen LogP contribution in [0.5, 0.6) is 0 Å². The molecule has 284 valence electrons. The van der Waals surface area contributed by atoms with Crippen LogP contribution in [-0.4, -0.2) is 90.1 Å². The quantitative estimate of drug-likeness (QED) is 0.117. The Balaban J connectivity index is 2.04. The van der Waals surface area contributed by atoms with Crippen molar-refractivity contribution in [3.63, 3.8) is 0 Å². The first-order valence-corrected chi connectivity index (χ1v) is 17.6. The van der Waals surface area contributed by atoms with E-state index in [-0.39, 0.29) is 43.4 Å². The lowest BCUT2D eigenvalue weighted by Crippen LogP contribution is -2.59. The molecule has 0 unspecified atom stereocenters. The van der Waals surface area contributed by atoms with E-state index in [1.54, 1.807) is 52.1 Å². The average molecular weight is 722 g/mol. The zero-order valence-electron chi connectivity index (χ0n) is 31.2. The van der Waals surface area contributed by atoms with E-state index in [9.17, 15) is 33.6 Å². The predicted octanol–water partition coefficient (Wildman–Crippen LogP) is 0.972. The van der Waals surface area contributed by atoms with Gasteiger partial charge in [-0.25, -0.2) is 0 Å². The maximum absolute atomic E-state index is 13.4. The smallest absolute Gasteiger partial charge is 0.243 e. The highest BCUT2D eigenvalue weighted by molar-refractivity contribution is 5.96. The second-order valence-corrected chi connectivity index (χ2v) is 13.6. The molecule has 52 heavy (non-hydrogen) atoms. The summed E-state index contributed by atoms with van der Waals surface area (Å²) >= 11 is 0. The predicted molar refractivity (Wildman–Crippen MR) is 197 cm³/mol. The third-order valence-corrected chi connectivity index (χ3v) is 8.46. The highest BCUT2D eigenvalue weighted by Gasteiger charge is 2.32. The molecule has 0 aromatic heterocycles. The molecule has 0 saturated heterocycles. The van der Waals surface area contributed by atoms with Gasteiger partial charge >= 0.3 is 0 Å². The van der Waals surface area contributed by atoms with Gasteiger partial charge in [-0.3, -0.25) is 33.6 Å². The van der Waals surface area contributed by atoms with Gasteiger partial charge in [-0.1, -0.05) is 95.3 Å². The fraction of sp³-hybridized carbons (Fsp3) is 0.500. The number of carbonyl (C=O) groups excluding carboxylic acids is 7. The summed E-state index contributed by atoms with van der Waals surface area (Å²) in [5.74, 6) is -4.42. The molecule has 7 N–H and O–H groups in total. The SMILES string of the molecule is CCC(=O)N(C)[C@@H](Cc1ccccc1)C(=O)NCC(=O)N[C@@H](CC(C)C)C(=O)N[C@@H](C)C(=O)N[C@H](C(=O)N[C@@H](Cc1ccccc1)C(N)=O)C(C)C. The van der Waals surface area contributed by atoms with Crippen molar-refractivity contribution >= 4 is 41.4 Å². The molecule has 0 heterocycles. The van der Waals surface area contributed by atoms with Gasteiger partial charge in [-0.05, 0) is 36.3 Å². The first-order valence-electron chi connectivity index (χ1n) is 17.6. The standard InChI is InChI=1S/C38H55N7O7/c1-8-32(47)45(7)30(21-27-17-13-10-14-18-27)37(51)40-22-31(46)42-29(19-23(2)3)36(50)41-25(6)35(49)44-33(24(4)5)38(52)43-28(34(39)48)20-26-15-11-9-12-16-26/h9-18,23-25,28-30,33H,8,19-22H2,1-7H3,(H2,39,48)(H,40,51)(H,41,50)(H,42,46)(H,43,52)(H,44,49)/t25-,28-,29-,30-,33-/m0/s1. The molecule has 2 rings (SSSR count). The number of carbonyl (C=O) groups is 7. The minimum absolute atomic E-state index is 0.0261. The van der Waals surface area contributed by atoms with Crippen LogP contribution < -0.4 is 32.3 Å². The number of likely N-dealkylation sites (N-methyl/N-ethyl adjacent to an activating group) is 1. The second-order valence-electron chi connectivity index (χ2n) is 13.6. The minimum atomic E-state index is -1.10. The highest BCUT2D eigenvalue weighted by atomic mass is 16.2. The fourth-order valence-electron chi connectivity index (χ4n) is 5.43. The molecule has 0 saturated carbocycles. The first kappa shape index (κ1) is 42.9. The summed E-state index contributed by atoms with van der Waals surface area (Å²) < 4.78 is 0. The van der Waals surface area contributed by atoms with Crippen LogP contribution in [0.4, 0.5) is 0 Å². The Morgan fingerprint density at radius 1 is 0.673 bits per heavy atom. The summed E-state index contributed by atoms with van der Waals surface area (Å²) in [6.07, 6.45) is 0.849. The topological polar surface area (TPSA) is 209 Å². The van der Waals surface area contributed by atoms with Crippen molar-refractivity contribution in [3.05, 3.63) is 71.8 Å². The monoisotopic (exact) mass is 721 g/mol. The van der Waals surface area contributed by atoms with Crippen molar-refractivity contribution in [1.29, 1.82) is 0 Å². The van der Waals surface area contributed by atoms with Crippen LogP contribution in [0.25, 0.3) is 0 Å². The number of rotatable bonds is 20. The zero-order chi connectivity index (χ0) is 39.0. The maximum Gasteiger partial charge on any atom is 0.243 e. The van der Waals surface area contributed by atoms with Crippen molar-refractivity contribution in [1.82, 2.24) is 31.5 Å². The van der Waals surface area contributed by atoms with Gasteiger partial charge in [0.05, 0.1) is 6.54 Å². The number of hydrogen-bond acceptors (Lipinski definition) is 7. The molecule has 0 aliphatic heterocycles. The molecule has 0 spiro atoms. The van der Waals surface area contributed by atoms with Crippen molar-refractivity contribution in [2.45, 2.75) is 97.4 Å². The number of nitrogens with zero attached hydrogens (tertiary/aromatic N) is 1. The Morgan fingerprint density at radius 2 is 1.23 bits per heavy atom. The van der Waals surface area contributed by atoms with E-state index in [1.807, 2.05) is 50.2 Å². The highest BCUT2D eigenvalue weighted by Crippen LogP contribution is 2.11. The van der Waals surface area contributed by atoms with Gasteiger partial charge in [0, 0.05) is 26.3 Å². The Kier molecular flexibility index (Phi) is 17.5. The molecule has 0 radical (unpaired) electrons. The summed E-state index contributed by atoms with van der Waals surface area (Å²) in [6, 6.07) is 13.2. The van der Waals surface area contributed by atoms with E-state index in [2.05, 4.69) is 26.6 Å². The number of nitrogens with one attached hydrogen (secondary N) is 5. The van der Waals surface area contributed by atoms with Gasteiger partial charge in [0.15, 0.2) is 0 Å². The van der Waals surface area contributed by atoms with Gasteiger partial charge in [-0.2, -0.15) is 0 Å². The molecule has 2 aromatic rings. The Labute approximate surface area is 306 Å². The number of nitrogens with two attached hydrogens (primary N) is 1. The van der Waals surface area contributed by atoms with Crippen LogP contribution in [0.15, 0.2) is 60.7 Å². The molecule has 14 heteroatoms. The summed E-state index contributed by atoms with van der Waals surface area (Å²) in [5.41, 5.74) is 7.19. The molecular formula is C38H55N7O7. The molecule has 5 atom stereocenters. The van der Waals surface area contributed by atoms with E-state index in [0.717, 1.165) is 11.1 Å². The number of amides is 7. The number of benzene rings is 2. The van der Waals surface area contributed by atoms with E-state index in [4.69, 9.17) is 5.73 Å². The van der Waals surface area contributed by atoms with Crippen LogP contribution >= 0.6 is 0 Å². The molecule has 0 aliphatic rings. The average Bonchev–Trinajstić information content (AvgIpc) is 3.10. The fourth-order valence-corrected chi connectivity index (χ4v) is 5.43. The van der Waals surface area contributed by atoms with Crippen LogP contribution in [0.1, 0.15) is 65.5 Å². The van der Waals surface area contributed by atoms with Gasteiger partial charge in [0.2, 0.25) is 41.4 Å². The molecule has 0 fully saturated rings. The van der Waals surface area contributed by atoms with E-state index < -0.39 is 72.2 Å². The molecular weight excluding hydrogens is 666 g/mol. The Morgan fingerprint density at radius 3 is 1.73 bits per heavy atom. The van der Waals surface area contributed by atoms with E-state index in [1.165, 1.54) is 11.8 Å². The number of hydrogen-bond donors (Lipinski definition) is 6. The summed E-state index contributed by atoms with van der Waals surface area (Å²) in [4.78, 5) is 92.0. The third kappa shape index (κ3) is 14.2. The van der Waals surface area contributed by atoms with Gasteiger partial charge in [0.25, 0.3) is 0 Å². The summed E-state index contributed by atoms with van der Waals surface area (Å²) in [5, 5.41) is 13.1. The van der Waals surface area contributed by atoms with E-state index in [0.29, 0.717) is 0 Å². The van der Waals surface area contributed by atoms with E-state index >= 15 is 0 Å². The van der Waals surface area contributed by atoms with Gasteiger partial charge in [0.1, 0.15) is 30.2 Å². The lowest BCUT2D eigenvalue weighted by Gasteiger charge is -2.28. The first-order chi connectivity index (χ1) is 24.5. The maximum atomic E-state index is 13.4. The summed E-state index contributed by atoms with van der Waals surface area (Å²) in [7, 11) is 1.54. The van der Waals surface area contributed by atoms with Crippen LogP contribution in [-0.2, 0) is 46.4 Å². The van der Waals surface area contributed by atoms with Crippen molar-refractivity contribution in [2.24, 2.45) is 17.6 Å². The molecule has 0 bridgehead atoms. The molecule has 14 nitrogen and oxygen atoms in total. The van der Waals surface area contributed by atoms with Crippen LogP contribution in [0.3, 0.4) is 0 Å². The second kappa shape index (κ2) is 21.2. The van der Waals surface area contributed by atoms with Gasteiger partial charge in [-0.15, -0.1) is 0 Å². The van der Waals surface area contributed by atoms with Crippen LogP contribution in [0, 0.1) is 11.8 Å². The molecule has 2 aromatic carbocycles. The van der Waals surface area contributed by atoms with Crippen LogP contribution in [0.2, 0.25) is 0 Å². The largest absolute Gasteiger partial charge is 0.368 e. The normalized spacial score (nSPS) is 13.9. The minimum Gasteiger partial charge on any atom is -0.368 e. The lowest BCUT2D eigenvalue weighted by atomic mass is 10.0. The van der Waals surface area contributed by atoms with Gasteiger partial charge < -0.3 is 37.2 Å². The van der Waals surface area contributed by atoms with Crippen molar-refractivity contribution in [2.75, 3.05) is 13.6 Å². The lowest BCUT2D eigenvalue weighted by molar-refractivity contribution is -0.139. The third-order valence-electron chi connectivity index (χ3n) is 8.46. The van der Waals surface area contributed by atoms with Crippen molar-refractivity contribution < 1.29 is 33.6 Å². The molecule has 7 amide bonds. The zero-order valence-corrected chi connectivity index (χ0v) is 31.2. The Hall–Kier alpha value is -5.27. The summed E-state index contributed by atoms with van der Waals surface area (Å²) in [6.45, 7) is 9.87. The van der Waals surface area contributed by atoms with Crippen molar-refractivity contribution in [3.8, 4) is 0 Å².